The Labute approximate surface area is 101 Å². The molecule has 2 aromatic rings. The topological polar surface area (TPSA) is 56.2 Å². The van der Waals surface area contributed by atoms with Crippen molar-refractivity contribution in [2.75, 3.05) is 0 Å². The van der Waals surface area contributed by atoms with E-state index >= 15 is 0 Å². The molecule has 0 aliphatic heterocycles. The maximum Gasteiger partial charge on any atom is 0.124 e. The lowest BCUT2D eigenvalue weighted by molar-refractivity contribution is 0.481. The average molecular weight is 253 g/mol. The van der Waals surface area contributed by atoms with Crippen LogP contribution in [0.2, 0.25) is 0 Å². The molecule has 2 rings (SSSR count). The summed E-state index contributed by atoms with van der Waals surface area (Å²) in [6.45, 7) is 0.312. The van der Waals surface area contributed by atoms with Gasteiger partial charge in [0.2, 0.25) is 0 Å². The van der Waals surface area contributed by atoms with Gasteiger partial charge in [0.05, 0.1) is 23.1 Å². The van der Waals surface area contributed by atoms with Crippen molar-refractivity contribution in [3.63, 3.8) is 0 Å². The van der Waals surface area contributed by atoms with E-state index in [1.165, 1.54) is 18.2 Å². The lowest BCUT2D eigenvalue weighted by Gasteiger charge is -2.00. The largest absolute Gasteiger partial charge is 0.464 e. The molecule has 1 heterocycles. The van der Waals surface area contributed by atoms with Crippen LogP contribution in [0.1, 0.15) is 11.5 Å². The molecule has 2 N–H and O–H groups in total. The summed E-state index contributed by atoms with van der Waals surface area (Å²) in [7, 11) is -1.31. The first-order chi connectivity index (χ1) is 8.19. The van der Waals surface area contributed by atoms with Crippen LogP contribution in [0.5, 0.6) is 0 Å². The third-order valence-electron chi connectivity index (χ3n) is 2.25. The quantitative estimate of drug-likeness (QED) is 0.908. The molecule has 90 valence electrons. The number of halogens is 1. The molecule has 17 heavy (non-hydrogen) atoms. The second-order valence-corrected chi connectivity index (χ2v) is 4.97. The van der Waals surface area contributed by atoms with Gasteiger partial charge in [-0.2, -0.15) is 0 Å². The molecule has 0 spiro atoms. The zero-order chi connectivity index (χ0) is 12.3. The zero-order valence-electron chi connectivity index (χ0n) is 9.06. The van der Waals surface area contributed by atoms with Crippen molar-refractivity contribution in [1.82, 2.24) is 0 Å². The van der Waals surface area contributed by atoms with Gasteiger partial charge in [-0.25, -0.2) is 4.39 Å². The smallest absolute Gasteiger partial charge is 0.124 e. The van der Waals surface area contributed by atoms with Gasteiger partial charge in [-0.3, -0.25) is 4.21 Å². The standard InChI is InChI=1S/C12H12FNO2S/c13-9-2-1-3-12(6-9)17(15)8-11-5-4-10(7-14)16-11/h1-6H,7-8,14H2. The van der Waals surface area contributed by atoms with E-state index in [1.807, 2.05) is 0 Å². The minimum absolute atomic E-state index is 0.226. The Morgan fingerprint density at radius 1 is 1.24 bits per heavy atom. The van der Waals surface area contributed by atoms with Crippen LogP contribution in [0.15, 0.2) is 45.7 Å². The van der Waals surface area contributed by atoms with Crippen LogP contribution in [0.4, 0.5) is 4.39 Å². The highest BCUT2D eigenvalue weighted by Crippen LogP contribution is 2.15. The van der Waals surface area contributed by atoms with Crippen LogP contribution < -0.4 is 5.73 Å². The predicted molar refractivity (Wildman–Crippen MR) is 63.1 cm³/mol. The molecule has 0 amide bonds. The van der Waals surface area contributed by atoms with Crippen LogP contribution in [-0.2, 0) is 23.1 Å². The van der Waals surface area contributed by atoms with Crippen LogP contribution in [0, 0.1) is 5.82 Å². The van der Waals surface area contributed by atoms with Gasteiger partial charge in [-0.1, -0.05) is 6.07 Å². The molecule has 0 saturated heterocycles. The van der Waals surface area contributed by atoms with Crippen molar-refractivity contribution < 1.29 is 13.0 Å². The summed E-state index contributed by atoms with van der Waals surface area (Å²) in [4.78, 5) is 0.454. The van der Waals surface area contributed by atoms with Gasteiger partial charge in [0, 0.05) is 4.90 Å². The Morgan fingerprint density at radius 2 is 2.00 bits per heavy atom. The SMILES string of the molecule is NCc1ccc(CS(=O)c2cccc(F)c2)o1. The molecule has 0 fully saturated rings. The van der Waals surface area contributed by atoms with Crippen molar-refractivity contribution >= 4 is 10.8 Å². The molecular weight excluding hydrogens is 241 g/mol. The van der Waals surface area contributed by atoms with Gasteiger partial charge in [0.15, 0.2) is 0 Å². The van der Waals surface area contributed by atoms with E-state index in [2.05, 4.69) is 0 Å². The normalized spacial score (nSPS) is 12.6. The van der Waals surface area contributed by atoms with Gasteiger partial charge in [0.25, 0.3) is 0 Å². The number of hydrogen-bond donors (Lipinski definition) is 1. The molecular formula is C12H12FNO2S. The molecule has 5 heteroatoms. The fourth-order valence-corrected chi connectivity index (χ4v) is 2.49. The minimum Gasteiger partial charge on any atom is -0.464 e. The summed E-state index contributed by atoms with van der Waals surface area (Å²) >= 11 is 0. The number of nitrogens with two attached hydrogens (primary N) is 1. The summed E-state index contributed by atoms with van der Waals surface area (Å²) < 4.78 is 30.2. The van der Waals surface area contributed by atoms with E-state index < -0.39 is 16.6 Å². The Bertz CT molecular complexity index is 539. The number of rotatable bonds is 4. The summed E-state index contributed by atoms with van der Waals surface area (Å²) in [5.74, 6) is 1.07. The Kier molecular flexibility index (Phi) is 3.71. The van der Waals surface area contributed by atoms with E-state index in [0.717, 1.165) is 0 Å². The Hall–Kier alpha value is -1.46. The number of hydrogen-bond acceptors (Lipinski definition) is 3. The highest BCUT2D eigenvalue weighted by molar-refractivity contribution is 7.84. The molecule has 1 atom stereocenters. The summed E-state index contributed by atoms with van der Waals surface area (Å²) in [6.07, 6.45) is 0. The first-order valence-corrected chi connectivity index (χ1v) is 6.42. The first-order valence-electron chi connectivity index (χ1n) is 5.10. The zero-order valence-corrected chi connectivity index (χ0v) is 9.87. The van der Waals surface area contributed by atoms with Crippen molar-refractivity contribution in [3.8, 4) is 0 Å². The molecule has 0 bridgehead atoms. The molecule has 1 unspecified atom stereocenters. The van der Waals surface area contributed by atoms with Crippen molar-refractivity contribution in [2.45, 2.75) is 17.2 Å². The van der Waals surface area contributed by atoms with Crippen LogP contribution in [0.3, 0.4) is 0 Å². The van der Waals surface area contributed by atoms with Gasteiger partial charge < -0.3 is 10.2 Å². The van der Waals surface area contributed by atoms with Crippen LogP contribution in [0.25, 0.3) is 0 Å². The molecule has 0 radical (unpaired) electrons. The van der Waals surface area contributed by atoms with Crippen molar-refractivity contribution in [1.29, 1.82) is 0 Å². The highest BCUT2D eigenvalue weighted by Gasteiger charge is 2.09. The maximum atomic E-state index is 13.0. The lowest BCUT2D eigenvalue weighted by atomic mass is 10.4. The molecule has 0 saturated carbocycles. The maximum absolute atomic E-state index is 13.0. The Balaban J connectivity index is 2.11. The van der Waals surface area contributed by atoms with Gasteiger partial charge >= 0.3 is 0 Å². The third-order valence-corrected chi connectivity index (χ3v) is 3.58. The molecule has 1 aromatic heterocycles. The highest BCUT2D eigenvalue weighted by atomic mass is 32.2. The van der Waals surface area contributed by atoms with E-state index in [4.69, 9.17) is 10.2 Å². The minimum atomic E-state index is -1.31. The van der Waals surface area contributed by atoms with E-state index in [1.54, 1.807) is 18.2 Å². The second-order valence-electron chi connectivity index (χ2n) is 3.52. The summed E-state index contributed by atoms with van der Waals surface area (Å²) in [5.41, 5.74) is 5.41. The van der Waals surface area contributed by atoms with Gasteiger partial charge in [-0.15, -0.1) is 0 Å². The molecule has 0 aliphatic carbocycles. The average Bonchev–Trinajstić information content (AvgIpc) is 2.77. The van der Waals surface area contributed by atoms with Crippen molar-refractivity contribution in [2.24, 2.45) is 5.73 Å². The van der Waals surface area contributed by atoms with Crippen LogP contribution >= 0.6 is 0 Å². The fourth-order valence-electron chi connectivity index (χ4n) is 1.43. The number of benzene rings is 1. The van der Waals surface area contributed by atoms with Gasteiger partial charge in [0.1, 0.15) is 17.3 Å². The number of furan rings is 1. The predicted octanol–water partition coefficient (Wildman–Crippen LogP) is 2.19. The van der Waals surface area contributed by atoms with E-state index in [9.17, 15) is 8.60 Å². The Morgan fingerprint density at radius 3 is 2.65 bits per heavy atom. The third kappa shape index (κ3) is 3.01. The lowest BCUT2D eigenvalue weighted by Crippen LogP contribution is -1.96. The van der Waals surface area contributed by atoms with Crippen molar-refractivity contribution in [3.05, 3.63) is 53.7 Å². The monoisotopic (exact) mass is 253 g/mol. The van der Waals surface area contributed by atoms with Crippen LogP contribution in [-0.4, -0.2) is 4.21 Å². The van der Waals surface area contributed by atoms with E-state index in [0.29, 0.717) is 23.0 Å². The first kappa shape index (κ1) is 12.0. The van der Waals surface area contributed by atoms with Gasteiger partial charge in [-0.05, 0) is 30.3 Å². The molecule has 1 aromatic carbocycles. The molecule has 3 nitrogen and oxygen atoms in total. The molecule has 0 aliphatic rings. The summed E-state index contributed by atoms with van der Waals surface area (Å²) in [5, 5.41) is 0. The fraction of sp³-hybridized carbons (Fsp3) is 0.167. The summed E-state index contributed by atoms with van der Waals surface area (Å²) in [6, 6.07) is 9.24. The second kappa shape index (κ2) is 5.25. The van der Waals surface area contributed by atoms with E-state index in [-0.39, 0.29) is 5.75 Å².